The molecule has 2 atom stereocenters. The van der Waals surface area contributed by atoms with Crippen molar-refractivity contribution in [2.75, 3.05) is 11.9 Å². The van der Waals surface area contributed by atoms with Gasteiger partial charge in [0.1, 0.15) is 12.4 Å². The number of hydrogen-bond acceptors (Lipinski definition) is 3. The van der Waals surface area contributed by atoms with Gasteiger partial charge in [-0.05, 0) is 48.2 Å². The number of nitrogens with one attached hydrogen (secondary N) is 1. The highest BCUT2D eigenvalue weighted by Gasteiger charge is 2.44. The molecule has 4 nitrogen and oxygen atoms in total. The van der Waals surface area contributed by atoms with Crippen molar-refractivity contribution in [3.05, 3.63) is 54.4 Å². The largest absolute Gasteiger partial charge is 0.481 e. The van der Waals surface area contributed by atoms with Crippen molar-refractivity contribution in [3.63, 3.8) is 0 Å². The van der Waals surface area contributed by atoms with E-state index in [0.717, 1.165) is 17.7 Å². The number of aromatic nitrogens is 1. The molecular weight excluding hydrogens is 276 g/mol. The summed E-state index contributed by atoms with van der Waals surface area (Å²) in [6.45, 7) is 0.237. The van der Waals surface area contributed by atoms with Crippen molar-refractivity contribution in [2.45, 2.75) is 12.3 Å². The Kier molecular flexibility index (Phi) is 4.06. The molecule has 1 N–H and O–H groups in total. The average molecular weight is 292 g/mol. The number of nitrogens with zero attached hydrogens (tertiary/aromatic N) is 1. The summed E-state index contributed by atoms with van der Waals surface area (Å²) in [6, 6.07) is 11.1. The van der Waals surface area contributed by atoms with Crippen LogP contribution in [0.2, 0.25) is 0 Å². The maximum Gasteiger partial charge on any atom is 0.228 e. The first-order valence-corrected chi connectivity index (χ1v) is 7.15. The van der Waals surface area contributed by atoms with Crippen LogP contribution in [-0.4, -0.2) is 17.5 Å². The van der Waals surface area contributed by atoms with Crippen LogP contribution in [0.4, 0.5) is 5.69 Å². The lowest BCUT2D eigenvalue weighted by molar-refractivity contribution is -0.117. The van der Waals surface area contributed by atoms with Crippen LogP contribution < -0.4 is 10.1 Å². The highest BCUT2D eigenvalue weighted by Crippen LogP contribution is 2.47. The van der Waals surface area contributed by atoms with Gasteiger partial charge in [0.25, 0.3) is 0 Å². The zero-order valence-corrected chi connectivity index (χ0v) is 12.0. The second-order valence-corrected chi connectivity index (χ2v) is 5.24. The minimum Gasteiger partial charge on any atom is -0.481 e. The maximum absolute atomic E-state index is 12.2. The van der Waals surface area contributed by atoms with E-state index in [-0.39, 0.29) is 24.3 Å². The van der Waals surface area contributed by atoms with Gasteiger partial charge >= 0.3 is 0 Å². The van der Waals surface area contributed by atoms with E-state index >= 15 is 0 Å². The molecule has 1 fully saturated rings. The molecule has 2 aromatic rings. The molecule has 22 heavy (non-hydrogen) atoms. The third-order valence-corrected chi connectivity index (χ3v) is 3.68. The number of pyridine rings is 1. The number of amides is 1. The molecule has 0 bridgehead atoms. The van der Waals surface area contributed by atoms with E-state index in [1.807, 2.05) is 30.5 Å². The number of carbonyl (C=O) groups excluding carboxylic acids is 1. The van der Waals surface area contributed by atoms with E-state index in [1.54, 1.807) is 18.3 Å². The SMILES string of the molecule is C#CCOc1ccc(NC(=O)C2CC2c2cccnc2)cc1. The Balaban J connectivity index is 1.56. The Morgan fingerprint density at radius 1 is 1.36 bits per heavy atom. The van der Waals surface area contributed by atoms with Crippen molar-refractivity contribution >= 4 is 11.6 Å². The van der Waals surface area contributed by atoms with Gasteiger partial charge in [0.2, 0.25) is 5.91 Å². The molecule has 1 aliphatic carbocycles. The molecule has 1 aromatic carbocycles. The predicted molar refractivity (Wildman–Crippen MR) is 84.5 cm³/mol. The van der Waals surface area contributed by atoms with Gasteiger partial charge in [-0.2, -0.15) is 0 Å². The third-order valence-electron chi connectivity index (χ3n) is 3.68. The molecule has 3 rings (SSSR count). The van der Waals surface area contributed by atoms with Crippen molar-refractivity contribution in [1.82, 2.24) is 4.98 Å². The maximum atomic E-state index is 12.2. The highest BCUT2D eigenvalue weighted by molar-refractivity contribution is 5.95. The van der Waals surface area contributed by atoms with Gasteiger partial charge in [-0.15, -0.1) is 6.42 Å². The van der Waals surface area contributed by atoms with E-state index < -0.39 is 0 Å². The van der Waals surface area contributed by atoms with Crippen LogP contribution in [0.3, 0.4) is 0 Å². The van der Waals surface area contributed by atoms with Gasteiger partial charge in [0.05, 0.1) is 0 Å². The Hall–Kier alpha value is -2.80. The first kappa shape index (κ1) is 14.2. The molecule has 1 heterocycles. The van der Waals surface area contributed by atoms with Gasteiger partial charge in [-0.25, -0.2) is 0 Å². The molecule has 1 saturated carbocycles. The molecule has 4 heteroatoms. The summed E-state index contributed by atoms with van der Waals surface area (Å²) in [5.41, 5.74) is 1.88. The smallest absolute Gasteiger partial charge is 0.228 e. The Morgan fingerprint density at radius 3 is 2.86 bits per heavy atom. The summed E-state index contributed by atoms with van der Waals surface area (Å²) in [7, 11) is 0. The summed E-state index contributed by atoms with van der Waals surface area (Å²) in [6.07, 6.45) is 9.58. The normalized spacial score (nSPS) is 19.0. The lowest BCUT2D eigenvalue weighted by Crippen LogP contribution is -2.14. The molecule has 110 valence electrons. The van der Waals surface area contributed by atoms with Gasteiger partial charge in [0.15, 0.2) is 0 Å². The molecule has 0 saturated heterocycles. The standard InChI is InChI=1S/C18H16N2O2/c1-2-10-22-15-7-5-14(6-8-15)20-18(21)17-11-16(17)13-4-3-9-19-12-13/h1,3-9,12,16-17H,10-11H2,(H,20,21). The minimum atomic E-state index is 0.0292. The second kappa shape index (κ2) is 6.31. The zero-order valence-electron chi connectivity index (χ0n) is 12.0. The molecule has 1 aliphatic rings. The van der Waals surface area contributed by atoms with Crippen LogP contribution in [0.25, 0.3) is 0 Å². The summed E-state index contributed by atoms with van der Waals surface area (Å²) in [5, 5.41) is 2.93. The fourth-order valence-electron chi connectivity index (χ4n) is 2.44. The van der Waals surface area contributed by atoms with Crippen molar-refractivity contribution in [1.29, 1.82) is 0 Å². The van der Waals surface area contributed by atoms with Gasteiger partial charge in [-0.1, -0.05) is 12.0 Å². The van der Waals surface area contributed by atoms with Crippen LogP contribution in [0, 0.1) is 18.3 Å². The Morgan fingerprint density at radius 2 is 2.18 bits per heavy atom. The van der Waals surface area contributed by atoms with Gasteiger partial charge < -0.3 is 10.1 Å². The van der Waals surface area contributed by atoms with Gasteiger partial charge in [0, 0.05) is 24.0 Å². The fourth-order valence-corrected chi connectivity index (χ4v) is 2.44. The summed E-state index contributed by atoms with van der Waals surface area (Å²) < 4.78 is 5.29. The van der Waals surface area contributed by atoms with Gasteiger partial charge in [-0.3, -0.25) is 9.78 Å². The average Bonchev–Trinajstić information content (AvgIpc) is 3.36. The number of benzene rings is 1. The Labute approximate surface area is 129 Å². The quantitative estimate of drug-likeness (QED) is 0.862. The zero-order chi connectivity index (χ0) is 15.4. The lowest BCUT2D eigenvalue weighted by atomic mass is 10.1. The van der Waals surface area contributed by atoms with Crippen LogP contribution >= 0.6 is 0 Å². The summed E-state index contributed by atoms with van der Waals surface area (Å²) in [4.78, 5) is 16.3. The van der Waals surface area contributed by atoms with E-state index in [2.05, 4.69) is 16.2 Å². The Bertz CT molecular complexity index is 689. The number of hydrogen-bond donors (Lipinski definition) is 1. The second-order valence-electron chi connectivity index (χ2n) is 5.24. The lowest BCUT2D eigenvalue weighted by Gasteiger charge is -2.07. The minimum absolute atomic E-state index is 0.0292. The summed E-state index contributed by atoms with van der Waals surface area (Å²) >= 11 is 0. The number of carbonyl (C=O) groups is 1. The molecule has 0 aliphatic heterocycles. The van der Waals surface area contributed by atoms with Crippen LogP contribution in [0.15, 0.2) is 48.8 Å². The first-order chi connectivity index (χ1) is 10.8. The monoisotopic (exact) mass is 292 g/mol. The highest BCUT2D eigenvalue weighted by atomic mass is 16.5. The predicted octanol–water partition coefficient (Wildman–Crippen LogP) is 2.84. The summed E-state index contributed by atoms with van der Waals surface area (Å²) in [5.74, 6) is 3.46. The van der Waals surface area contributed by atoms with E-state index in [1.165, 1.54) is 0 Å². The molecule has 2 unspecified atom stereocenters. The number of rotatable bonds is 5. The topological polar surface area (TPSA) is 51.2 Å². The van der Waals surface area contributed by atoms with E-state index in [0.29, 0.717) is 5.75 Å². The number of anilines is 1. The third kappa shape index (κ3) is 3.26. The fraction of sp³-hybridized carbons (Fsp3) is 0.222. The number of terminal acetylenes is 1. The van der Waals surface area contributed by atoms with Crippen LogP contribution in [-0.2, 0) is 4.79 Å². The van der Waals surface area contributed by atoms with Crippen molar-refractivity contribution in [3.8, 4) is 18.1 Å². The van der Waals surface area contributed by atoms with Crippen molar-refractivity contribution < 1.29 is 9.53 Å². The van der Waals surface area contributed by atoms with Crippen molar-refractivity contribution in [2.24, 2.45) is 5.92 Å². The molecule has 0 radical (unpaired) electrons. The molecule has 0 spiro atoms. The molecule has 1 aromatic heterocycles. The van der Waals surface area contributed by atoms with E-state index in [9.17, 15) is 4.79 Å². The van der Waals surface area contributed by atoms with Crippen LogP contribution in [0.1, 0.15) is 17.9 Å². The first-order valence-electron chi connectivity index (χ1n) is 7.15. The van der Waals surface area contributed by atoms with E-state index in [4.69, 9.17) is 11.2 Å². The molecular formula is C18H16N2O2. The number of ether oxygens (including phenoxy) is 1. The molecule has 1 amide bonds. The van der Waals surface area contributed by atoms with Crippen LogP contribution in [0.5, 0.6) is 5.75 Å².